The molecule has 1 unspecified atom stereocenters. The highest BCUT2D eigenvalue weighted by Gasteiger charge is 2.39. The molecule has 2 aromatic carbocycles. The lowest BCUT2D eigenvalue weighted by Gasteiger charge is -2.35. The summed E-state index contributed by atoms with van der Waals surface area (Å²) in [7, 11) is -7.69. The summed E-state index contributed by atoms with van der Waals surface area (Å²) in [6.07, 6.45) is -2.71. The molecule has 12 heteroatoms. The normalized spacial score (nSPS) is 18.6. The summed E-state index contributed by atoms with van der Waals surface area (Å²) in [4.78, 5) is 13.6. The van der Waals surface area contributed by atoms with Crippen molar-refractivity contribution in [2.75, 3.05) is 18.8 Å². The molecule has 2 aliphatic rings. The first-order chi connectivity index (χ1) is 17.2. The van der Waals surface area contributed by atoms with Gasteiger partial charge in [-0.05, 0) is 73.9 Å². The Labute approximate surface area is 213 Å². The van der Waals surface area contributed by atoms with Gasteiger partial charge in [0.2, 0.25) is 0 Å². The first-order valence-corrected chi connectivity index (χ1v) is 15.1. The monoisotopic (exact) mass is 561 g/mol. The summed E-state index contributed by atoms with van der Waals surface area (Å²) in [6.45, 7) is 2.31. The van der Waals surface area contributed by atoms with Crippen LogP contribution in [0.15, 0.2) is 52.3 Å². The van der Waals surface area contributed by atoms with E-state index >= 15 is 0 Å². The summed E-state index contributed by atoms with van der Waals surface area (Å²) >= 11 is 0. The van der Waals surface area contributed by atoms with Crippen molar-refractivity contribution in [3.8, 4) is 0 Å². The van der Waals surface area contributed by atoms with Crippen molar-refractivity contribution in [3.63, 3.8) is 0 Å². The highest BCUT2D eigenvalue weighted by Crippen LogP contribution is 2.35. The summed E-state index contributed by atoms with van der Waals surface area (Å²) in [5.74, 6) is -2.17. The lowest BCUT2D eigenvalue weighted by molar-refractivity contribution is -0.137. The highest BCUT2D eigenvalue weighted by molar-refractivity contribution is 7.92. The zero-order valence-electron chi connectivity index (χ0n) is 20.0. The van der Waals surface area contributed by atoms with Crippen LogP contribution in [0.4, 0.5) is 17.6 Å². The molecule has 0 radical (unpaired) electrons. The fraction of sp³-hybridized carbons (Fsp3) is 0.480. The molecule has 202 valence electrons. The molecule has 1 aliphatic heterocycles. The molecule has 0 bridgehead atoms. The molecule has 1 saturated heterocycles. The number of sulfone groups is 2. The second-order valence-corrected chi connectivity index (χ2v) is 14.0. The lowest BCUT2D eigenvalue weighted by atomic mass is 9.86. The average Bonchev–Trinajstić information content (AvgIpc) is 3.69. The van der Waals surface area contributed by atoms with Crippen molar-refractivity contribution in [1.29, 1.82) is 0 Å². The van der Waals surface area contributed by atoms with Crippen LogP contribution in [-0.4, -0.2) is 51.7 Å². The molecule has 0 spiro atoms. The van der Waals surface area contributed by atoms with E-state index in [0.717, 1.165) is 30.3 Å². The Bertz CT molecular complexity index is 1390. The largest absolute Gasteiger partial charge is 0.416 e. The van der Waals surface area contributed by atoms with E-state index in [-0.39, 0.29) is 28.0 Å². The van der Waals surface area contributed by atoms with E-state index in [2.05, 4.69) is 0 Å². The van der Waals surface area contributed by atoms with Gasteiger partial charge < -0.3 is 4.90 Å². The van der Waals surface area contributed by atoms with Gasteiger partial charge in [-0.2, -0.15) is 13.2 Å². The van der Waals surface area contributed by atoms with Gasteiger partial charge in [0.15, 0.2) is 19.7 Å². The molecule has 1 heterocycles. The number of benzene rings is 2. The van der Waals surface area contributed by atoms with E-state index in [1.54, 1.807) is 6.92 Å². The Morgan fingerprint density at radius 1 is 1.00 bits per heavy atom. The van der Waals surface area contributed by atoms with Crippen molar-refractivity contribution in [2.24, 2.45) is 11.8 Å². The number of hydrogen-bond donors (Lipinski definition) is 0. The Balaban J connectivity index is 1.37. The molecule has 1 aliphatic carbocycles. The fourth-order valence-electron chi connectivity index (χ4n) is 4.72. The maximum absolute atomic E-state index is 14.5. The minimum Gasteiger partial charge on any atom is -0.339 e. The van der Waals surface area contributed by atoms with Crippen LogP contribution < -0.4 is 0 Å². The van der Waals surface area contributed by atoms with Crippen LogP contribution >= 0.6 is 0 Å². The number of likely N-dealkylation sites (tertiary alicyclic amines) is 1. The van der Waals surface area contributed by atoms with Crippen molar-refractivity contribution in [2.45, 2.75) is 53.8 Å². The molecule has 1 atom stereocenters. The van der Waals surface area contributed by atoms with Crippen molar-refractivity contribution >= 4 is 25.6 Å². The Hall–Kier alpha value is -2.47. The van der Waals surface area contributed by atoms with Gasteiger partial charge in [-0.15, -0.1) is 0 Å². The smallest absolute Gasteiger partial charge is 0.339 e. The van der Waals surface area contributed by atoms with Crippen LogP contribution in [0.25, 0.3) is 0 Å². The number of nitrogens with zero attached hydrogens (tertiary/aromatic N) is 1. The number of carbonyl (C=O) groups is 1. The van der Waals surface area contributed by atoms with Crippen LogP contribution in [-0.2, 0) is 25.9 Å². The molecule has 1 saturated carbocycles. The summed E-state index contributed by atoms with van der Waals surface area (Å²) in [5.41, 5.74) is -0.992. The van der Waals surface area contributed by atoms with Crippen LogP contribution in [0.3, 0.4) is 0 Å². The molecule has 37 heavy (non-hydrogen) atoms. The molecule has 2 fully saturated rings. The van der Waals surface area contributed by atoms with E-state index in [4.69, 9.17) is 0 Å². The molecule has 4 rings (SSSR count). The number of rotatable bonds is 7. The molecule has 0 N–H and O–H groups in total. The maximum atomic E-state index is 14.5. The van der Waals surface area contributed by atoms with Gasteiger partial charge in [0, 0.05) is 18.7 Å². The number of halogens is 4. The van der Waals surface area contributed by atoms with Gasteiger partial charge in [-0.3, -0.25) is 4.79 Å². The summed E-state index contributed by atoms with van der Waals surface area (Å²) in [5, 5.41) is -0.568. The van der Waals surface area contributed by atoms with Crippen molar-refractivity contribution in [3.05, 3.63) is 59.4 Å². The van der Waals surface area contributed by atoms with Crippen LogP contribution in [0.5, 0.6) is 0 Å². The molecule has 1 amide bonds. The number of alkyl halides is 3. The van der Waals surface area contributed by atoms with Crippen LogP contribution in [0, 0.1) is 17.7 Å². The molecule has 0 aromatic heterocycles. The Morgan fingerprint density at radius 2 is 1.65 bits per heavy atom. The zero-order valence-corrected chi connectivity index (χ0v) is 21.7. The number of piperidine rings is 1. The molecule has 2 aromatic rings. The van der Waals surface area contributed by atoms with Crippen molar-refractivity contribution < 1.29 is 39.2 Å². The first-order valence-electron chi connectivity index (χ1n) is 11.9. The minimum atomic E-state index is -4.65. The van der Waals surface area contributed by atoms with Gasteiger partial charge in [0.25, 0.3) is 5.91 Å². The SMILES string of the molecule is CC(CS(=O)(=O)c1cccc(C(F)(F)F)c1)C1CCN(C(=O)c2ccc(S(=O)(=O)C3CC3)c(F)c2)CC1. The maximum Gasteiger partial charge on any atom is 0.416 e. The number of carbonyl (C=O) groups excluding carboxylic acids is 1. The predicted molar refractivity (Wildman–Crippen MR) is 128 cm³/mol. The zero-order chi connectivity index (χ0) is 27.2. The third kappa shape index (κ3) is 6.00. The van der Waals surface area contributed by atoms with Gasteiger partial charge in [-0.25, -0.2) is 21.2 Å². The predicted octanol–water partition coefficient (Wildman–Crippen LogP) is 4.74. The quantitative estimate of drug-likeness (QED) is 0.456. The summed E-state index contributed by atoms with van der Waals surface area (Å²) in [6, 6.07) is 7.05. The van der Waals surface area contributed by atoms with Gasteiger partial charge in [0.1, 0.15) is 10.7 Å². The van der Waals surface area contributed by atoms with Gasteiger partial charge >= 0.3 is 6.18 Å². The Morgan fingerprint density at radius 3 is 2.22 bits per heavy atom. The van der Waals surface area contributed by atoms with Crippen LogP contribution in [0.1, 0.15) is 48.5 Å². The number of amides is 1. The lowest BCUT2D eigenvalue weighted by Crippen LogP contribution is -2.40. The van der Waals surface area contributed by atoms with E-state index < -0.39 is 53.3 Å². The molecular weight excluding hydrogens is 534 g/mol. The fourth-order valence-corrected chi connectivity index (χ4v) is 8.17. The van der Waals surface area contributed by atoms with E-state index in [1.807, 2.05) is 0 Å². The topological polar surface area (TPSA) is 88.6 Å². The third-order valence-electron chi connectivity index (χ3n) is 7.08. The van der Waals surface area contributed by atoms with E-state index in [0.29, 0.717) is 44.8 Å². The van der Waals surface area contributed by atoms with Gasteiger partial charge in [0.05, 0.1) is 21.5 Å². The standard InChI is InChI=1S/C25H27F4NO5S2/c1-16(15-36(32,33)21-4-2-3-19(14-21)25(27,28)29)17-9-11-30(12-10-17)24(31)18-5-8-23(22(26)13-18)37(34,35)20-6-7-20/h2-5,8,13-14,16-17,20H,6-7,9-12,15H2,1H3. The summed E-state index contributed by atoms with van der Waals surface area (Å²) < 4.78 is 104. The van der Waals surface area contributed by atoms with E-state index in [9.17, 15) is 39.2 Å². The molecule has 6 nitrogen and oxygen atoms in total. The minimum absolute atomic E-state index is 0.0332. The molecular formula is C25H27F4NO5S2. The number of hydrogen-bond acceptors (Lipinski definition) is 5. The van der Waals surface area contributed by atoms with E-state index in [1.165, 1.54) is 11.0 Å². The van der Waals surface area contributed by atoms with Gasteiger partial charge in [-0.1, -0.05) is 13.0 Å². The van der Waals surface area contributed by atoms with Crippen LogP contribution in [0.2, 0.25) is 0 Å². The Kier molecular flexibility index (Phi) is 7.46. The van der Waals surface area contributed by atoms with Crippen molar-refractivity contribution in [1.82, 2.24) is 4.90 Å². The highest BCUT2D eigenvalue weighted by atomic mass is 32.2. The second-order valence-electron chi connectivity index (χ2n) is 9.80. The second kappa shape index (κ2) is 10.0. The average molecular weight is 562 g/mol. The first kappa shape index (κ1) is 27.6. The third-order valence-corrected chi connectivity index (χ3v) is 11.3.